The fourth-order valence-corrected chi connectivity index (χ4v) is 3.79. The topological polar surface area (TPSA) is 86.8 Å². The largest absolute Gasteiger partial charge is 0.497 e. The van der Waals surface area contributed by atoms with E-state index in [1.165, 1.54) is 14.2 Å². The van der Waals surface area contributed by atoms with Gasteiger partial charge in [-0.15, -0.1) is 0 Å². The molecule has 29 heavy (non-hydrogen) atoms. The first-order valence-corrected chi connectivity index (χ1v) is 9.19. The summed E-state index contributed by atoms with van der Waals surface area (Å²) in [6, 6.07) is 7.21. The van der Waals surface area contributed by atoms with E-state index in [1.54, 1.807) is 33.1 Å². The molecular weight excluding hydrogens is 396 g/mol. The highest BCUT2D eigenvalue weighted by Gasteiger charge is 2.39. The molecule has 0 saturated heterocycles. The first-order valence-electron chi connectivity index (χ1n) is 8.81. The van der Waals surface area contributed by atoms with Crippen molar-refractivity contribution in [3.8, 4) is 5.75 Å². The number of halogens is 1. The van der Waals surface area contributed by atoms with E-state index in [0.717, 1.165) is 5.39 Å². The van der Waals surface area contributed by atoms with E-state index in [1.807, 2.05) is 12.1 Å². The molecule has 0 aliphatic carbocycles. The normalized spacial score (nSPS) is 14.7. The predicted octanol–water partition coefficient (Wildman–Crippen LogP) is 3.48. The summed E-state index contributed by atoms with van der Waals surface area (Å²) in [6.45, 7) is 3.48. The number of aromatic nitrogens is 1. The van der Waals surface area contributed by atoms with E-state index in [-0.39, 0.29) is 16.3 Å². The number of methoxy groups -OCH3 is 3. The molecule has 0 radical (unpaired) electrons. The molecular formula is C21H21ClN2O5. The number of pyridine rings is 1. The van der Waals surface area contributed by atoms with Gasteiger partial charge in [0.1, 0.15) is 10.9 Å². The van der Waals surface area contributed by atoms with Gasteiger partial charge < -0.3 is 19.5 Å². The van der Waals surface area contributed by atoms with Gasteiger partial charge in [-0.05, 0) is 32.0 Å². The molecule has 0 unspecified atom stereocenters. The number of dihydropyridines is 1. The van der Waals surface area contributed by atoms with Crippen LogP contribution < -0.4 is 10.1 Å². The fourth-order valence-electron chi connectivity index (χ4n) is 3.54. The van der Waals surface area contributed by atoms with Gasteiger partial charge in [-0.1, -0.05) is 11.6 Å². The van der Waals surface area contributed by atoms with E-state index < -0.39 is 17.9 Å². The Kier molecular flexibility index (Phi) is 5.79. The highest BCUT2D eigenvalue weighted by Crippen LogP contribution is 2.42. The molecule has 2 aromatic rings. The van der Waals surface area contributed by atoms with Gasteiger partial charge in [0.15, 0.2) is 0 Å². The van der Waals surface area contributed by atoms with E-state index in [9.17, 15) is 9.59 Å². The van der Waals surface area contributed by atoms with Crippen LogP contribution in [0.4, 0.5) is 0 Å². The third-order valence-corrected chi connectivity index (χ3v) is 5.19. The van der Waals surface area contributed by atoms with Crippen molar-refractivity contribution in [2.24, 2.45) is 0 Å². The molecule has 1 aromatic carbocycles. The maximum absolute atomic E-state index is 12.6. The molecule has 0 amide bonds. The molecule has 7 nitrogen and oxygen atoms in total. The molecule has 152 valence electrons. The van der Waals surface area contributed by atoms with Crippen molar-refractivity contribution in [1.82, 2.24) is 10.3 Å². The average Bonchev–Trinajstić information content (AvgIpc) is 2.71. The van der Waals surface area contributed by atoms with E-state index in [4.69, 9.17) is 25.8 Å². The van der Waals surface area contributed by atoms with Gasteiger partial charge in [-0.2, -0.15) is 0 Å². The van der Waals surface area contributed by atoms with Gasteiger partial charge in [-0.3, -0.25) is 0 Å². The number of allylic oxidation sites excluding steroid dienone is 2. The number of hydrogen-bond acceptors (Lipinski definition) is 7. The summed E-state index contributed by atoms with van der Waals surface area (Å²) >= 11 is 6.53. The average molecular weight is 417 g/mol. The Morgan fingerprint density at radius 3 is 2.10 bits per heavy atom. The number of nitrogens with zero attached hydrogens (tertiary/aromatic N) is 1. The molecule has 1 N–H and O–H groups in total. The Hall–Kier alpha value is -3.06. The molecule has 0 bridgehead atoms. The summed E-state index contributed by atoms with van der Waals surface area (Å²) in [5.41, 5.74) is 2.82. The van der Waals surface area contributed by atoms with E-state index >= 15 is 0 Å². The van der Waals surface area contributed by atoms with Crippen LogP contribution in [0.15, 0.2) is 46.8 Å². The molecule has 3 rings (SSSR count). The second kappa shape index (κ2) is 8.13. The minimum atomic E-state index is -0.789. The lowest BCUT2D eigenvalue weighted by atomic mass is 9.80. The van der Waals surface area contributed by atoms with Crippen LogP contribution in [0, 0.1) is 0 Å². The number of nitrogens with one attached hydrogen (secondary N) is 1. The van der Waals surface area contributed by atoms with Crippen molar-refractivity contribution in [2.75, 3.05) is 21.3 Å². The minimum Gasteiger partial charge on any atom is -0.497 e. The van der Waals surface area contributed by atoms with Crippen molar-refractivity contribution in [1.29, 1.82) is 0 Å². The Bertz CT molecular complexity index is 1040. The Labute approximate surface area is 173 Å². The lowest BCUT2D eigenvalue weighted by Crippen LogP contribution is -2.32. The lowest BCUT2D eigenvalue weighted by molar-refractivity contribution is -0.137. The Balaban J connectivity index is 2.29. The predicted molar refractivity (Wildman–Crippen MR) is 109 cm³/mol. The highest BCUT2D eigenvalue weighted by molar-refractivity contribution is 6.31. The molecule has 1 aromatic heterocycles. The van der Waals surface area contributed by atoms with Crippen molar-refractivity contribution in [2.45, 2.75) is 19.8 Å². The number of ether oxygens (including phenoxy) is 3. The number of hydrogen-bond donors (Lipinski definition) is 1. The van der Waals surface area contributed by atoms with Crippen LogP contribution in [0.25, 0.3) is 10.9 Å². The minimum absolute atomic E-state index is 0.168. The fraction of sp³-hybridized carbons (Fsp3) is 0.286. The second-order valence-electron chi connectivity index (χ2n) is 6.55. The molecule has 0 spiro atoms. The monoisotopic (exact) mass is 416 g/mol. The summed E-state index contributed by atoms with van der Waals surface area (Å²) < 4.78 is 15.2. The van der Waals surface area contributed by atoms with Gasteiger partial charge in [0.25, 0.3) is 0 Å². The third-order valence-electron chi connectivity index (χ3n) is 4.89. The molecule has 1 aliphatic rings. The first kappa shape index (κ1) is 20.7. The zero-order chi connectivity index (χ0) is 21.3. The van der Waals surface area contributed by atoms with Gasteiger partial charge in [0.05, 0.1) is 43.9 Å². The zero-order valence-electron chi connectivity index (χ0n) is 16.8. The van der Waals surface area contributed by atoms with Crippen LogP contribution in [0.3, 0.4) is 0 Å². The van der Waals surface area contributed by atoms with Crippen LogP contribution in [0.1, 0.15) is 25.3 Å². The third kappa shape index (κ3) is 3.65. The van der Waals surface area contributed by atoms with Gasteiger partial charge in [0, 0.05) is 28.4 Å². The summed E-state index contributed by atoms with van der Waals surface area (Å²) in [5, 5.41) is 4.01. The van der Waals surface area contributed by atoms with Crippen LogP contribution in [0.2, 0.25) is 5.15 Å². The SMILES string of the molecule is COC(=O)C1=C(C)NC(C)=C(C(=O)OC)C1c1cc2ccc(OC)cc2nc1Cl. The standard InChI is InChI=1S/C21H21ClN2O5/c1-10-16(20(25)28-4)18(17(11(2)23-10)21(26)29-5)14-8-12-6-7-13(27-3)9-15(12)24-19(14)22/h6-9,18,23H,1-5H3. The second-order valence-corrected chi connectivity index (χ2v) is 6.90. The van der Waals surface area contributed by atoms with Crippen molar-refractivity contribution >= 4 is 34.4 Å². The molecule has 2 heterocycles. The van der Waals surface area contributed by atoms with Crippen LogP contribution in [-0.2, 0) is 19.1 Å². The summed E-state index contributed by atoms with van der Waals surface area (Å²) in [4.78, 5) is 29.7. The van der Waals surface area contributed by atoms with Crippen LogP contribution in [-0.4, -0.2) is 38.3 Å². The smallest absolute Gasteiger partial charge is 0.336 e. The molecule has 8 heteroatoms. The van der Waals surface area contributed by atoms with Gasteiger partial charge in [-0.25, -0.2) is 14.6 Å². The quantitative estimate of drug-likeness (QED) is 0.603. The molecule has 0 saturated carbocycles. The number of carbonyl (C=O) groups excluding carboxylic acids is 2. The molecule has 1 aliphatic heterocycles. The van der Waals surface area contributed by atoms with Crippen LogP contribution in [0.5, 0.6) is 5.75 Å². The number of benzene rings is 1. The van der Waals surface area contributed by atoms with Gasteiger partial charge >= 0.3 is 11.9 Å². The number of esters is 2. The molecule has 0 atom stereocenters. The Morgan fingerprint density at radius 2 is 1.59 bits per heavy atom. The van der Waals surface area contributed by atoms with Crippen molar-refractivity contribution < 1.29 is 23.8 Å². The van der Waals surface area contributed by atoms with Gasteiger partial charge in [0.2, 0.25) is 0 Å². The lowest BCUT2D eigenvalue weighted by Gasteiger charge is -2.30. The maximum Gasteiger partial charge on any atom is 0.336 e. The summed E-state index contributed by atoms with van der Waals surface area (Å²) in [5.74, 6) is -1.28. The van der Waals surface area contributed by atoms with Crippen LogP contribution >= 0.6 is 11.6 Å². The number of carbonyl (C=O) groups is 2. The number of fused-ring (bicyclic) bond motifs is 1. The summed E-state index contributed by atoms with van der Waals surface area (Å²) in [6.07, 6.45) is 0. The zero-order valence-corrected chi connectivity index (χ0v) is 17.5. The first-order chi connectivity index (χ1) is 13.8. The van der Waals surface area contributed by atoms with Crippen molar-refractivity contribution in [3.05, 3.63) is 57.5 Å². The maximum atomic E-state index is 12.6. The van der Waals surface area contributed by atoms with E-state index in [0.29, 0.717) is 28.2 Å². The molecule has 0 fully saturated rings. The van der Waals surface area contributed by atoms with Crippen molar-refractivity contribution in [3.63, 3.8) is 0 Å². The Morgan fingerprint density at radius 1 is 1.00 bits per heavy atom. The summed E-state index contributed by atoms with van der Waals surface area (Å²) in [7, 11) is 4.14. The number of rotatable bonds is 4. The van der Waals surface area contributed by atoms with E-state index in [2.05, 4.69) is 10.3 Å². The highest BCUT2D eigenvalue weighted by atomic mass is 35.5.